The van der Waals surface area contributed by atoms with Gasteiger partial charge in [0, 0.05) is 5.02 Å². The molecule has 0 aliphatic heterocycles. The summed E-state index contributed by atoms with van der Waals surface area (Å²) in [6.45, 7) is 1.93. The van der Waals surface area contributed by atoms with Crippen LogP contribution in [-0.4, -0.2) is 15.5 Å². The van der Waals surface area contributed by atoms with Gasteiger partial charge < -0.3 is 5.32 Å². The Hall–Kier alpha value is -1.76. The third kappa shape index (κ3) is 3.19. The number of carbonyl (C=O) groups is 1. The number of nitrogens with zero attached hydrogens (tertiary/aromatic N) is 2. The number of amides is 1. The van der Waals surface area contributed by atoms with Gasteiger partial charge in [-0.1, -0.05) is 34.3 Å². The second kappa shape index (κ2) is 6.56. The van der Waals surface area contributed by atoms with Gasteiger partial charge in [0.15, 0.2) is 0 Å². The first-order valence-corrected chi connectivity index (χ1v) is 8.61. The maximum Gasteiger partial charge on any atom is 0.265 e. The van der Waals surface area contributed by atoms with Gasteiger partial charge in [-0.05, 0) is 47.6 Å². The summed E-state index contributed by atoms with van der Waals surface area (Å²) in [5.74, 6) is -0.166. The van der Waals surface area contributed by atoms with Gasteiger partial charge in [0.1, 0.15) is 10.6 Å². The van der Waals surface area contributed by atoms with Crippen molar-refractivity contribution >= 4 is 40.4 Å². The Bertz CT molecular complexity index is 768. The van der Waals surface area contributed by atoms with Crippen molar-refractivity contribution in [3.05, 3.63) is 57.2 Å². The quantitative estimate of drug-likeness (QED) is 0.759. The topological polar surface area (TPSA) is 54.9 Å². The van der Waals surface area contributed by atoms with Crippen LogP contribution in [-0.2, 0) is 0 Å². The van der Waals surface area contributed by atoms with Gasteiger partial charge in [0.25, 0.3) is 5.91 Å². The number of carbonyl (C=O) groups excluding carboxylic acids is 1. The van der Waals surface area contributed by atoms with Crippen LogP contribution in [0.3, 0.4) is 0 Å². The van der Waals surface area contributed by atoms with Crippen LogP contribution in [0.15, 0.2) is 41.8 Å². The van der Waals surface area contributed by atoms with E-state index in [0.717, 1.165) is 22.0 Å². The highest BCUT2D eigenvalue weighted by Crippen LogP contribution is 2.28. The van der Waals surface area contributed by atoms with Gasteiger partial charge in [-0.3, -0.25) is 4.79 Å². The normalized spacial score (nSPS) is 12.1. The van der Waals surface area contributed by atoms with E-state index in [1.165, 1.54) is 11.3 Å². The average molecular weight is 350 g/mol. The zero-order valence-electron chi connectivity index (χ0n) is 11.6. The molecule has 7 heteroatoms. The molecule has 1 atom stereocenters. The first-order chi connectivity index (χ1) is 10.6. The van der Waals surface area contributed by atoms with Crippen molar-refractivity contribution in [3.8, 4) is 10.6 Å². The zero-order chi connectivity index (χ0) is 15.5. The summed E-state index contributed by atoms with van der Waals surface area (Å²) in [7, 11) is 0. The van der Waals surface area contributed by atoms with Gasteiger partial charge in [-0.2, -0.15) is 0 Å². The Balaban J connectivity index is 1.78. The van der Waals surface area contributed by atoms with Crippen molar-refractivity contribution in [1.29, 1.82) is 0 Å². The molecule has 3 rings (SSSR count). The van der Waals surface area contributed by atoms with Crippen LogP contribution >= 0.6 is 34.5 Å². The molecule has 0 aliphatic rings. The number of hydrogen-bond donors (Lipinski definition) is 1. The van der Waals surface area contributed by atoms with Crippen LogP contribution in [0, 0.1) is 0 Å². The largest absolute Gasteiger partial charge is 0.345 e. The molecule has 0 radical (unpaired) electrons. The lowest BCUT2D eigenvalue weighted by Gasteiger charge is -2.13. The van der Waals surface area contributed by atoms with Crippen molar-refractivity contribution in [1.82, 2.24) is 14.9 Å². The van der Waals surface area contributed by atoms with E-state index in [2.05, 4.69) is 14.9 Å². The Morgan fingerprint density at radius 1 is 1.27 bits per heavy atom. The average Bonchev–Trinajstić information content (AvgIpc) is 3.18. The summed E-state index contributed by atoms with van der Waals surface area (Å²) in [6, 6.07) is 11.2. The fourth-order valence-corrected chi connectivity index (χ4v) is 3.50. The second-order valence-electron chi connectivity index (χ2n) is 4.67. The van der Waals surface area contributed by atoms with E-state index in [9.17, 15) is 4.79 Å². The van der Waals surface area contributed by atoms with E-state index in [1.54, 1.807) is 0 Å². The first-order valence-electron chi connectivity index (χ1n) is 6.57. The minimum Gasteiger partial charge on any atom is -0.345 e. The molecule has 0 bridgehead atoms. The van der Waals surface area contributed by atoms with Crippen LogP contribution in [0.2, 0.25) is 5.02 Å². The minimum atomic E-state index is -0.166. The number of thiophene rings is 1. The third-order valence-corrected chi connectivity index (χ3v) is 5.02. The van der Waals surface area contributed by atoms with Crippen LogP contribution < -0.4 is 5.32 Å². The van der Waals surface area contributed by atoms with E-state index in [1.807, 2.05) is 48.7 Å². The van der Waals surface area contributed by atoms with E-state index < -0.39 is 0 Å². The molecule has 0 saturated carbocycles. The summed E-state index contributed by atoms with van der Waals surface area (Å²) in [5.41, 5.74) is 1.63. The molecular formula is C15H12ClN3OS2. The number of halogens is 1. The number of benzene rings is 1. The van der Waals surface area contributed by atoms with Crippen molar-refractivity contribution in [3.63, 3.8) is 0 Å². The Morgan fingerprint density at radius 3 is 2.73 bits per heavy atom. The molecule has 0 spiro atoms. The summed E-state index contributed by atoms with van der Waals surface area (Å²) >= 11 is 8.53. The fourth-order valence-electron chi connectivity index (χ4n) is 2.01. The number of hydrogen-bond acceptors (Lipinski definition) is 5. The molecule has 0 unspecified atom stereocenters. The molecule has 1 N–H and O–H groups in total. The standard InChI is InChI=1S/C15H12ClN3OS2/c1-9(10-4-6-11(16)7-5-10)17-15(20)14-13(18-19-22-14)12-3-2-8-21-12/h2-9H,1H3,(H,17,20)/t9-/m0/s1. The lowest BCUT2D eigenvalue weighted by Crippen LogP contribution is -2.26. The molecule has 3 aromatic rings. The van der Waals surface area contributed by atoms with Crippen LogP contribution in [0.5, 0.6) is 0 Å². The molecule has 1 amide bonds. The van der Waals surface area contributed by atoms with E-state index >= 15 is 0 Å². The molecule has 2 aromatic heterocycles. The number of aromatic nitrogens is 2. The molecule has 1 aromatic carbocycles. The van der Waals surface area contributed by atoms with Crippen LogP contribution in [0.25, 0.3) is 10.6 Å². The maximum atomic E-state index is 12.5. The minimum absolute atomic E-state index is 0.122. The molecule has 0 fully saturated rings. The monoisotopic (exact) mass is 349 g/mol. The Morgan fingerprint density at radius 2 is 2.05 bits per heavy atom. The lowest BCUT2D eigenvalue weighted by atomic mass is 10.1. The number of nitrogens with one attached hydrogen (secondary N) is 1. The smallest absolute Gasteiger partial charge is 0.265 e. The molecule has 0 saturated heterocycles. The van der Waals surface area contributed by atoms with Gasteiger partial charge in [-0.25, -0.2) is 0 Å². The number of rotatable bonds is 4. The highest BCUT2D eigenvalue weighted by molar-refractivity contribution is 7.14. The van der Waals surface area contributed by atoms with Gasteiger partial charge in [0.05, 0.1) is 10.9 Å². The zero-order valence-corrected chi connectivity index (χ0v) is 14.0. The fraction of sp³-hybridized carbons (Fsp3) is 0.133. The van der Waals surface area contributed by atoms with Crippen molar-refractivity contribution < 1.29 is 4.79 Å². The van der Waals surface area contributed by atoms with E-state index in [-0.39, 0.29) is 11.9 Å². The molecule has 0 aliphatic carbocycles. The summed E-state index contributed by atoms with van der Waals surface area (Å²) in [5, 5.41) is 9.67. The molecule has 2 heterocycles. The van der Waals surface area contributed by atoms with Gasteiger partial charge in [0.2, 0.25) is 0 Å². The predicted octanol–water partition coefficient (Wildman–Crippen LogP) is 4.41. The molecular weight excluding hydrogens is 338 g/mol. The van der Waals surface area contributed by atoms with Crippen LogP contribution in [0.4, 0.5) is 0 Å². The summed E-state index contributed by atoms with van der Waals surface area (Å²) in [6.07, 6.45) is 0. The summed E-state index contributed by atoms with van der Waals surface area (Å²) in [4.78, 5) is 13.9. The maximum absolute atomic E-state index is 12.5. The first kappa shape index (κ1) is 15.1. The lowest BCUT2D eigenvalue weighted by molar-refractivity contribution is 0.0944. The van der Waals surface area contributed by atoms with E-state index in [0.29, 0.717) is 15.6 Å². The third-order valence-electron chi connectivity index (χ3n) is 3.17. The van der Waals surface area contributed by atoms with Crippen molar-refractivity contribution in [2.75, 3.05) is 0 Å². The summed E-state index contributed by atoms with van der Waals surface area (Å²) < 4.78 is 3.91. The van der Waals surface area contributed by atoms with Crippen LogP contribution in [0.1, 0.15) is 28.2 Å². The van der Waals surface area contributed by atoms with E-state index in [4.69, 9.17) is 11.6 Å². The Kier molecular flexibility index (Phi) is 4.52. The highest BCUT2D eigenvalue weighted by Gasteiger charge is 2.20. The predicted molar refractivity (Wildman–Crippen MR) is 90.6 cm³/mol. The van der Waals surface area contributed by atoms with Crippen molar-refractivity contribution in [2.24, 2.45) is 0 Å². The molecule has 4 nitrogen and oxygen atoms in total. The van der Waals surface area contributed by atoms with Gasteiger partial charge >= 0.3 is 0 Å². The Labute approximate surface area is 140 Å². The molecule has 112 valence electrons. The second-order valence-corrected chi connectivity index (χ2v) is 6.81. The molecule has 22 heavy (non-hydrogen) atoms. The SMILES string of the molecule is C[C@H](NC(=O)c1snnc1-c1cccs1)c1ccc(Cl)cc1. The highest BCUT2D eigenvalue weighted by atomic mass is 35.5. The van der Waals surface area contributed by atoms with Crippen molar-refractivity contribution in [2.45, 2.75) is 13.0 Å². The van der Waals surface area contributed by atoms with Gasteiger partial charge in [-0.15, -0.1) is 16.4 Å².